The molecule has 0 saturated carbocycles. The number of halogens is 6. The van der Waals surface area contributed by atoms with Gasteiger partial charge in [-0.25, -0.2) is 27.8 Å². The number of carbonyl (C=O) groups is 3. The van der Waals surface area contributed by atoms with Gasteiger partial charge in [-0.15, -0.1) is 0 Å². The van der Waals surface area contributed by atoms with Crippen LogP contribution in [0.25, 0.3) is 6.08 Å². The van der Waals surface area contributed by atoms with Crippen molar-refractivity contribution in [3.05, 3.63) is 40.8 Å². The number of aliphatic imine (C=N–C) groups is 1. The first kappa shape index (κ1) is 29.6. The lowest BCUT2D eigenvalue weighted by atomic mass is 10.0. The Balaban J connectivity index is 1.73. The molecule has 39 heavy (non-hydrogen) atoms. The lowest BCUT2D eigenvalue weighted by Crippen LogP contribution is -2.59. The molecule has 2 N–H and O–H groups in total. The van der Waals surface area contributed by atoms with Gasteiger partial charge in [-0.2, -0.15) is 13.2 Å². The van der Waals surface area contributed by atoms with E-state index < -0.39 is 77.9 Å². The van der Waals surface area contributed by atoms with Gasteiger partial charge in [-0.1, -0.05) is 0 Å². The van der Waals surface area contributed by atoms with E-state index in [2.05, 4.69) is 14.5 Å². The quantitative estimate of drug-likeness (QED) is 0.231. The summed E-state index contributed by atoms with van der Waals surface area (Å²) in [6.07, 6.45) is -7.17. The fraction of sp³-hybridized carbons (Fsp3) is 0.478. The number of ether oxygens (including phenoxy) is 3. The second-order valence-corrected chi connectivity index (χ2v) is 8.49. The predicted octanol–water partition coefficient (Wildman–Crippen LogP) is 2.71. The Kier molecular flexibility index (Phi) is 8.96. The van der Waals surface area contributed by atoms with E-state index in [1.165, 1.54) is 6.92 Å². The molecule has 3 atom stereocenters. The Morgan fingerprint density at radius 3 is 2.44 bits per heavy atom. The SMILES string of the molecule is CCOC(=O)OC(C)OC(=O)C1N=C(C(F)(F)F)N2CCN(C(=O)C/C(N)=C/c3cc(F)c(F)cc3F)CC12. The number of fused-ring (bicyclic) bond motifs is 1. The molecule has 2 heterocycles. The topological polar surface area (TPSA) is 124 Å². The van der Waals surface area contributed by atoms with Gasteiger partial charge in [0.15, 0.2) is 17.7 Å². The molecular formula is C23H24F6N4O6. The summed E-state index contributed by atoms with van der Waals surface area (Å²) >= 11 is 0. The van der Waals surface area contributed by atoms with Gasteiger partial charge < -0.3 is 29.7 Å². The molecular weight excluding hydrogens is 542 g/mol. The molecule has 1 amide bonds. The summed E-state index contributed by atoms with van der Waals surface area (Å²) < 4.78 is 95.4. The van der Waals surface area contributed by atoms with Gasteiger partial charge >= 0.3 is 18.3 Å². The van der Waals surface area contributed by atoms with Crippen molar-refractivity contribution in [1.29, 1.82) is 0 Å². The monoisotopic (exact) mass is 566 g/mol. The average molecular weight is 566 g/mol. The summed E-state index contributed by atoms with van der Waals surface area (Å²) in [5, 5.41) is 0. The number of amidine groups is 1. The number of piperazine rings is 1. The minimum atomic E-state index is -4.91. The van der Waals surface area contributed by atoms with Crippen LogP contribution >= 0.6 is 0 Å². The molecule has 1 aromatic rings. The first-order valence-electron chi connectivity index (χ1n) is 11.5. The largest absolute Gasteiger partial charge is 0.511 e. The Hall–Kier alpha value is -3.98. The number of rotatable bonds is 7. The maximum atomic E-state index is 13.9. The molecule has 3 rings (SSSR count). The van der Waals surface area contributed by atoms with Crippen LogP contribution in [0.15, 0.2) is 22.8 Å². The third-order valence-corrected chi connectivity index (χ3v) is 5.71. The molecule has 1 aromatic carbocycles. The van der Waals surface area contributed by atoms with Crippen molar-refractivity contribution in [1.82, 2.24) is 9.80 Å². The predicted molar refractivity (Wildman–Crippen MR) is 121 cm³/mol. The van der Waals surface area contributed by atoms with Crippen LogP contribution in [0.2, 0.25) is 0 Å². The number of nitrogens with two attached hydrogens (primary N) is 1. The Labute approximate surface area is 218 Å². The summed E-state index contributed by atoms with van der Waals surface area (Å²) in [6.45, 7) is 1.70. The fourth-order valence-electron chi connectivity index (χ4n) is 4.04. The van der Waals surface area contributed by atoms with E-state index in [1.807, 2.05) is 0 Å². The first-order chi connectivity index (χ1) is 18.2. The molecule has 1 saturated heterocycles. The van der Waals surface area contributed by atoms with Gasteiger partial charge in [0.1, 0.15) is 5.82 Å². The van der Waals surface area contributed by atoms with Gasteiger partial charge in [0, 0.05) is 43.9 Å². The minimum Gasteiger partial charge on any atom is -0.435 e. The lowest BCUT2D eigenvalue weighted by Gasteiger charge is -2.40. The van der Waals surface area contributed by atoms with Crippen LogP contribution in [-0.2, 0) is 23.8 Å². The Morgan fingerprint density at radius 2 is 1.79 bits per heavy atom. The second kappa shape index (κ2) is 11.8. The van der Waals surface area contributed by atoms with Crippen molar-refractivity contribution >= 4 is 29.9 Å². The van der Waals surface area contributed by atoms with Crippen LogP contribution in [0.3, 0.4) is 0 Å². The Bertz CT molecular complexity index is 1190. The zero-order valence-electron chi connectivity index (χ0n) is 20.6. The molecule has 16 heteroatoms. The number of esters is 1. The maximum Gasteiger partial charge on any atom is 0.511 e. The average Bonchev–Trinajstić information content (AvgIpc) is 3.22. The van der Waals surface area contributed by atoms with Crippen LogP contribution in [0.5, 0.6) is 0 Å². The van der Waals surface area contributed by atoms with Gasteiger partial charge in [0.25, 0.3) is 0 Å². The van der Waals surface area contributed by atoms with Crippen LogP contribution < -0.4 is 5.73 Å². The van der Waals surface area contributed by atoms with E-state index in [0.29, 0.717) is 12.1 Å². The van der Waals surface area contributed by atoms with E-state index in [1.54, 1.807) is 0 Å². The number of hydrogen-bond acceptors (Lipinski definition) is 9. The van der Waals surface area contributed by atoms with Gasteiger partial charge in [-0.05, 0) is 19.1 Å². The zero-order chi connectivity index (χ0) is 29.1. The number of benzene rings is 1. The molecule has 2 aliphatic heterocycles. The Morgan fingerprint density at radius 1 is 1.13 bits per heavy atom. The summed E-state index contributed by atoms with van der Waals surface area (Å²) in [5.41, 5.74) is 5.13. The minimum absolute atomic E-state index is 0.0301. The van der Waals surface area contributed by atoms with Crippen molar-refractivity contribution in [2.24, 2.45) is 10.7 Å². The third kappa shape index (κ3) is 7.11. The van der Waals surface area contributed by atoms with Gasteiger partial charge in [-0.3, -0.25) is 4.79 Å². The highest BCUT2D eigenvalue weighted by atomic mass is 19.4. The molecule has 3 unspecified atom stereocenters. The molecule has 0 spiro atoms. The summed E-state index contributed by atoms with van der Waals surface area (Å²) in [7, 11) is 0. The van der Waals surface area contributed by atoms with Crippen LogP contribution in [-0.4, -0.2) is 84.5 Å². The fourth-order valence-corrected chi connectivity index (χ4v) is 4.04. The van der Waals surface area contributed by atoms with E-state index in [9.17, 15) is 40.7 Å². The number of amides is 1. The van der Waals surface area contributed by atoms with Crippen molar-refractivity contribution in [3.63, 3.8) is 0 Å². The van der Waals surface area contributed by atoms with E-state index >= 15 is 0 Å². The maximum absolute atomic E-state index is 13.9. The number of nitrogens with zero attached hydrogens (tertiary/aromatic N) is 3. The highest BCUT2D eigenvalue weighted by molar-refractivity contribution is 5.94. The smallest absolute Gasteiger partial charge is 0.435 e. The van der Waals surface area contributed by atoms with E-state index in [0.717, 1.165) is 22.8 Å². The molecule has 10 nitrogen and oxygen atoms in total. The standard InChI is InChI=1S/C23H24F6N4O6/c1-3-37-22(36)39-11(2)38-20(35)19-17-10-32(4-5-33(17)21(31-19)23(27,28)29)18(34)8-13(30)6-12-7-15(25)16(26)9-14(12)24/h6-7,9,11,17,19H,3-5,8,10,30H2,1-2H3/b13-6-. The van der Waals surface area contributed by atoms with Crippen molar-refractivity contribution < 1.29 is 54.9 Å². The second-order valence-electron chi connectivity index (χ2n) is 8.49. The summed E-state index contributed by atoms with van der Waals surface area (Å²) in [4.78, 5) is 42.4. The zero-order valence-corrected chi connectivity index (χ0v) is 20.6. The highest BCUT2D eigenvalue weighted by Crippen LogP contribution is 2.32. The molecule has 214 valence electrons. The molecule has 2 aliphatic rings. The normalized spacial score (nSPS) is 20.2. The third-order valence-electron chi connectivity index (χ3n) is 5.71. The van der Waals surface area contributed by atoms with Gasteiger partial charge in [0.05, 0.1) is 19.1 Å². The van der Waals surface area contributed by atoms with Crippen LogP contribution in [0, 0.1) is 17.5 Å². The number of hydrogen-bond donors (Lipinski definition) is 1. The van der Waals surface area contributed by atoms with Crippen LogP contribution in [0.4, 0.5) is 31.1 Å². The van der Waals surface area contributed by atoms with Gasteiger partial charge in [0.2, 0.25) is 18.0 Å². The molecule has 0 aromatic heterocycles. The molecule has 0 radical (unpaired) electrons. The van der Waals surface area contributed by atoms with Crippen molar-refractivity contribution in [2.75, 3.05) is 26.2 Å². The van der Waals surface area contributed by atoms with E-state index in [-0.39, 0.29) is 31.9 Å². The van der Waals surface area contributed by atoms with E-state index in [4.69, 9.17) is 10.5 Å². The first-order valence-corrected chi connectivity index (χ1v) is 11.5. The summed E-state index contributed by atoms with van der Waals surface area (Å²) in [6, 6.07) is -2.12. The lowest BCUT2D eigenvalue weighted by molar-refractivity contribution is -0.171. The molecule has 0 bridgehead atoms. The van der Waals surface area contributed by atoms with Crippen molar-refractivity contribution in [3.8, 4) is 0 Å². The number of alkyl halides is 3. The van der Waals surface area contributed by atoms with Crippen molar-refractivity contribution in [2.45, 2.75) is 44.8 Å². The van der Waals surface area contributed by atoms with Crippen LogP contribution in [0.1, 0.15) is 25.8 Å². The summed E-state index contributed by atoms with van der Waals surface area (Å²) in [5.74, 6) is -7.11. The number of carbonyl (C=O) groups excluding carboxylic acids is 3. The highest BCUT2D eigenvalue weighted by Gasteiger charge is 2.53. The molecule has 0 aliphatic carbocycles. The molecule has 1 fully saturated rings.